The van der Waals surface area contributed by atoms with E-state index >= 15 is 0 Å². The van der Waals surface area contributed by atoms with Crippen LogP contribution in [0.25, 0.3) is 0 Å². The van der Waals surface area contributed by atoms with Crippen LogP contribution in [0, 0.1) is 5.92 Å². The lowest BCUT2D eigenvalue weighted by Gasteiger charge is -2.34. The number of aliphatic hydroxyl groups is 2. The SMILES string of the molecule is OCCCCN1CCC(C(O)c2ccc(Cl)cc2)CC1. The van der Waals surface area contributed by atoms with Gasteiger partial charge < -0.3 is 15.1 Å². The molecule has 3 nitrogen and oxygen atoms in total. The first-order chi connectivity index (χ1) is 9.70. The Morgan fingerprint density at radius 2 is 1.80 bits per heavy atom. The molecule has 0 radical (unpaired) electrons. The zero-order valence-corrected chi connectivity index (χ0v) is 12.6. The highest BCUT2D eigenvalue weighted by molar-refractivity contribution is 6.30. The molecule has 0 saturated carbocycles. The van der Waals surface area contributed by atoms with Crippen LogP contribution in [0.1, 0.15) is 37.4 Å². The van der Waals surface area contributed by atoms with Crippen molar-refractivity contribution in [2.24, 2.45) is 5.92 Å². The molecule has 2 rings (SSSR count). The Hall–Kier alpha value is -0.610. The first-order valence-electron chi connectivity index (χ1n) is 7.47. The molecule has 1 aliphatic rings. The van der Waals surface area contributed by atoms with Crippen LogP contribution in [-0.2, 0) is 0 Å². The molecule has 0 bridgehead atoms. The zero-order chi connectivity index (χ0) is 14.4. The summed E-state index contributed by atoms with van der Waals surface area (Å²) in [6, 6.07) is 7.51. The van der Waals surface area contributed by atoms with Crippen LogP contribution in [0.3, 0.4) is 0 Å². The number of aliphatic hydroxyl groups excluding tert-OH is 2. The molecule has 1 aliphatic heterocycles. The van der Waals surface area contributed by atoms with Gasteiger partial charge in [-0.1, -0.05) is 23.7 Å². The highest BCUT2D eigenvalue weighted by Gasteiger charge is 2.25. The molecule has 4 heteroatoms. The largest absolute Gasteiger partial charge is 0.396 e. The molecular formula is C16H24ClNO2. The fourth-order valence-corrected chi connectivity index (χ4v) is 3.00. The van der Waals surface area contributed by atoms with Crippen LogP contribution in [0.4, 0.5) is 0 Å². The molecule has 1 saturated heterocycles. The minimum absolute atomic E-state index is 0.283. The second kappa shape index (κ2) is 7.99. The molecule has 1 atom stereocenters. The van der Waals surface area contributed by atoms with Gasteiger partial charge in [-0.3, -0.25) is 0 Å². The van der Waals surface area contributed by atoms with Gasteiger partial charge in [-0.25, -0.2) is 0 Å². The molecule has 0 amide bonds. The third kappa shape index (κ3) is 4.45. The molecule has 1 aromatic carbocycles. The summed E-state index contributed by atoms with van der Waals surface area (Å²) < 4.78 is 0. The van der Waals surface area contributed by atoms with Gasteiger partial charge in [-0.05, 0) is 68.9 Å². The minimum atomic E-state index is -0.383. The number of benzene rings is 1. The number of piperidine rings is 1. The summed E-state index contributed by atoms with van der Waals surface area (Å²) in [5.41, 5.74) is 0.966. The molecule has 1 fully saturated rings. The number of nitrogens with zero attached hydrogens (tertiary/aromatic N) is 1. The predicted molar refractivity (Wildman–Crippen MR) is 81.9 cm³/mol. The summed E-state index contributed by atoms with van der Waals surface area (Å²) in [5.74, 6) is 0.338. The predicted octanol–water partition coefficient (Wildman–Crippen LogP) is 2.86. The minimum Gasteiger partial charge on any atom is -0.396 e. The van der Waals surface area contributed by atoms with E-state index in [9.17, 15) is 5.11 Å². The van der Waals surface area contributed by atoms with Gasteiger partial charge in [0.25, 0.3) is 0 Å². The van der Waals surface area contributed by atoms with Crippen LogP contribution in [-0.4, -0.2) is 41.4 Å². The first-order valence-corrected chi connectivity index (χ1v) is 7.85. The van der Waals surface area contributed by atoms with Gasteiger partial charge in [0.05, 0.1) is 6.10 Å². The Balaban J connectivity index is 1.79. The summed E-state index contributed by atoms with van der Waals surface area (Å²) in [6.45, 7) is 3.43. The van der Waals surface area contributed by atoms with E-state index in [1.807, 2.05) is 24.3 Å². The van der Waals surface area contributed by atoms with Crippen molar-refractivity contribution in [1.29, 1.82) is 0 Å². The molecule has 20 heavy (non-hydrogen) atoms. The third-order valence-electron chi connectivity index (χ3n) is 4.17. The lowest BCUT2D eigenvalue weighted by Crippen LogP contribution is -2.36. The number of likely N-dealkylation sites (tertiary alicyclic amines) is 1. The lowest BCUT2D eigenvalue weighted by atomic mass is 9.87. The van der Waals surface area contributed by atoms with Gasteiger partial charge in [-0.2, -0.15) is 0 Å². The van der Waals surface area contributed by atoms with Crippen molar-refractivity contribution in [3.8, 4) is 0 Å². The number of hydrogen-bond acceptors (Lipinski definition) is 3. The Morgan fingerprint density at radius 1 is 1.15 bits per heavy atom. The van der Waals surface area contributed by atoms with Crippen molar-refractivity contribution in [2.45, 2.75) is 31.8 Å². The van der Waals surface area contributed by atoms with Crippen molar-refractivity contribution < 1.29 is 10.2 Å². The van der Waals surface area contributed by atoms with Crippen molar-refractivity contribution in [1.82, 2.24) is 4.90 Å². The quantitative estimate of drug-likeness (QED) is 0.794. The van der Waals surface area contributed by atoms with Gasteiger partial charge in [0.1, 0.15) is 0 Å². The lowest BCUT2D eigenvalue weighted by molar-refractivity contribution is 0.0581. The molecule has 0 aromatic heterocycles. The molecule has 1 unspecified atom stereocenters. The zero-order valence-electron chi connectivity index (χ0n) is 11.8. The van der Waals surface area contributed by atoms with Gasteiger partial charge in [0.15, 0.2) is 0 Å². The maximum absolute atomic E-state index is 10.4. The smallest absolute Gasteiger partial charge is 0.0819 e. The summed E-state index contributed by atoms with van der Waals surface area (Å²) in [6.07, 6.45) is 3.62. The summed E-state index contributed by atoms with van der Waals surface area (Å²) in [5, 5.41) is 19.9. The Labute approximate surface area is 126 Å². The monoisotopic (exact) mass is 297 g/mol. The average Bonchev–Trinajstić information content (AvgIpc) is 2.48. The summed E-state index contributed by atoms with van der Waals surface area (Å²) in [7, 11) is 0. The average molecular weight is 298 g/mol. The second-order valence-corrected chi connectivity index (χ2v) is 6.04. The van der Waals surface area contributed by atoms with E-state index in [0.717, 1.165) is 50.9 Å². The molecular weight excluding hydrogens is 274 g/mol. The van der Waals surface area contributed by atoms with Crippen LogP contribution in [0.2, 0.25) is 5.02 Å². The van der Waals surface area contributed by atoms with Crippen molar-refractivity contribution in [2.75, 3.05) is 26.2 Å². The molecule has 1 heterocycles. The van der Waals surface area contributed by atoms with E-state index in [1.165, 1.54) is 0 Å². The van der Waals surface area contributed by atoms with Gasteiger partial charge in [0.2, 0.25) is 0 Å². The topological polar surface area (TPSA) is 43.7 Å². The molecule has 1 aromatic rings. The second-order valence-electron chi connectivity index (χ2n) is 5.61. The van der Waals surface area contributed by atoms with Gasteiger partial charge in [-0.15, -0.1) is 0 Å². The Kier molecular flexibility index (Phi) is 6.30. The first kappa shape index (κ1) is 15.8. The van der Waals surface area contributed by atoms with E-state index in [4.69, 9.17) is 16.7 Å². The fourth-order valence-electron chi connectivity index (χ4n) is 2.87. The van der Waals surface area contributed by atoms with Crippen LogP contribution < -0.4 is 0 Å². The highest BCUT2D eigenvalue weighted by Crippen LogP contribution is 2.31. The highest BCUT2D eigenvalue weighted by atomic mass is 35.5. The maximum Gasteiger partial charge on any atom is 0.0819 e. The van der Waals surface area contributed by atoms with E-state index < -0.39 is 0 Å². The molecule has 112 valence electrons. The summed E-state index contributed by atoms with van der Waals surface area (Å²) >= 11 is 5.88. The standard InChI is InChI=1S/C16H24ClNO2/c17-15-5-3-13(4-6-15)16(20)14-7-10-18(11-8-14)9-1-2-12-19/h3-6,14,16,19-20H,1-2,7-12H2. The number of halogens is 1. The molecule has 2 N–H and O–H groups in total. The molecule has 0 spiro atoms. The molecule has 0 aliphatic carbocycles. The van der Waals surface area contributed by atoms with Gasteiger partial charge >= 0.3 is 0 Å². The van der Waals surface area contributed by atoms with Gasteiger partial charge in [0, 0.05) is 11.6 Å². The van der Waals surface area contributed by atoms with Crippen molar-refractivity contribution >= 4 is 11.6 Å². The summed E-state index contributed by atoms with van der Waals surface area (Å²) in [4.78, 5) is 2.43. The van der Waals surface area contributed by atoms with E-state index in [2.05, 4.69) is 4.90 Å². The Bertz CT molecular complexity index is 388. The van der Waals surface area contributed by atoms with Crippen LogP contribution in [0.15, 0.2) is 24.3 Å². The van der Waals surface area contributed by atoms with E-state index in [1.54, 1.807) is 0 Å². The van der Waals surface area contributed by atoms with E-state index in [-0.39, 0.29) is 12.7 Å². The fraction of sp³-hybridized carbons (Fsp3) is 0.625. The normalized spacial score (nSPS) is 19.1. The third-order valence-corrected chi connectivity index (χ3v) is 4.42. The number of rotatable bonds is 6. The maximum atomic E-state index is 10.4. The van der Waals surface area contributed by atoms with E-state index in [0.29, 0.717) is 10.9 Å². The van der Waals surface area contributed by atoms with Crippen molar-refractivity contribution in [3.63, 3.8) is 0 Å². The number of hydrogen-bond donors (Lipinski definition) is 2. The number of unbranched alkanes of at least 4 members (excludes halogenated alkanes) is 1. The van der Waals surface area contributed by atoms with Crippen LogP contribution >= 0.6 is 11.6 Å². The van der Waals surface area contributed by atoms with Crippen LogP contribution in [0.5, 0.6) is 0 Å². The Morgan fingerprint density at radius 3 is 2.40 bits per heavy atom. The van der Waals surface area contributed by atoms with Crippen molar-refractivity contribution in [3.05, 3.63) is 34.9 Å².